The zero-order valence-corrected chi connectivity index (χ0v) is 12.3. The molecule has 20 heavy (non-hydrogen) atoms. The molecule has 6 rings (SSSR count). The Hall–Kier alpha value is -0.830. The standard InChI is InChI=1S/C17H24N2O/c1-18-13-2-3-14-15(13)16(19-20-14)17-7-10-4-11(8-17)6-12(5-10)9-17/h10-13,18H,2-9H2,1H3. The summed E-state index contributed by atoms with van der Waals surface area (Å²) in [7, 11) is 2.08. The van der Waals surface area contributed by atoms with Crippen molar-refractivity contribution in [1.29, 1.82) is 0 Å². The fraction of sp³-hybridized carbons (Fsp3) is 0.824. The predicted molar refractivity (Wildman–Crippen MR) is 76.5 cm³/mol. The minimum Gasteiger partial charge on any atom is -0.361 e. The smallest absolute Gasteiger partial charge is 0.141 e. The number of rotatable bonds is 2. The van der Waals surface area contributed by atoms with Crippen molar-refractivity contribution in [3.8, 4) is 0 Å². The van der Waals surface area contributed by atoms with Crippen LogP contribution in [0.4, 0.5) is 0 Å². The predicted octanol–water partition coefficient (Wildman–Crippen LogP) is 3.35. The average molecular weight is 272 g/mol. The molecule has 0 amide bonds. The van der Waals surface area contributed by atoms with Gasteiger partial charge in [0, 0.05) is 23.4 Å². The number of hydrogen-bond donors (Lipinski definition) is 1. The number of hydrogen-bond acceptors (Lipinski definition) is 3. The van der Waals surface area contributed by atoms with Crippen LogP contribution in [0.25, 0.3) is 0 Å². The van der Waals surface area contributed by atoms with Crippen LogP contribution in [0, 0.1) is 17.8 Å². The van der Waals surface area contributed by atoms with Gasteiger partial charge in [-0.2, -0.15) is 0 Å². The minimum atomic E-state index is 0.380. The molecular formula is C17H24N2O. The van der Waals surface area contributed by atoms with E-state index in [-0.39, 0.29) is 0 Å². The lowest BCUT2D eigenvalue weighted by Crippen LogP contribution is -2.49. The van der Waals surface area contributed by atoms with Crippen molar-refractivity contribution in [3.63, 3.8) is 0 Å². The highest BCUT2D eigenvalue weighted by Crippen LogP contribution is 2.61. The molecule has 3 nitrogen and oxygen atoms in total. The summed E-state index contributed by atoms with van der Waals surface area (Å²) in [6, 6.07) is 0.485. The Bertz CT molecular complexity index is 512. The third kappa shape index (κ3) is 1.42. The molecule has 1 aromatic rings. The molecule has 1 aromatic heterocycles. The van der Waals surface area contributed by atoms with Gasteiger partial charge in [-0.3, -0.25) is 0 Å². The van der Waals surface area contributed by atoms with Crippen molar-refractivity contribution in [3.05, 3.63) is 17.0 Å². The molecule has 4 fully saturated rings. The van der Waals surface area contributed by atoms with E-state index < -0.39 is 0 Å². The van der Waals surface area contributed by atoms with Crippen LogP contribution in [0.5, 0.6) is 0 Å². The van der Waals surface area contributed by atoms with Crippen LogP contribution >= 0.6 is 0 Å². The lowest BCUT2D eigenvalue weighted by atomic mass is 9.48. The molecule has 4 saturated carbocycles. The molecule has 4 bridgehead atoms. The highest BCUT2D eigenvalue weighted by molar-refractivity contribution is 5.38. The van der Waals surface area contributed by atoms with Crippen molar-refractivity contribution in [2.45, 2.75) is 62.8 Å². The van der Waals surface area contributed by atoms with Crippen LogP contribution in [0.1, 0.15) is 68.0 Å². The number of fused-ring (bicyclic) bond motifs is 1. The summed E-state index contributed by atoms with van der Waals surface area (Å²) in [4.78, 5) is 0. The molecule has 5 aliphatic carbocycles. The normalized spacial score (nSPS) is 45.0. The second-order valence-corrected chi connectivity index (χ2v) is 7.95. The largest absolute Gasteiger partial charge is 0.361 e. The molecule has 0 aliphatic heterocycles. The first-order valence-electron chi connectivity index (χ1n) is 8.43. The molecular weight excluding hydrogens is 248 g/mol. The van der Waals surface area contributed by atoms with Gasteiger partial charge in [0.05, 0.1) is 5.69 Å². The Morgan fingerprint density at radius 1 is 1.10 bits per heavy atom. The maximum absolute atomic E-state index is 5.74. The highest BCUT2D eigenvalue weighted by atomic mass is 16.5. The van der Waals surface area contributed by atoms with Crippen molar-refractivity contribution in [2.75, 3.05) is 7.05 Å². The van der Waals surface area contributed by atoms with Crippen molar-refractivity contribution in [2.24, 2.45) is 17.8 Å². The van der Waals surface area contributed by atoms with Crippen LogP contribution in [-0.2, 0) is 11.8 Å². The van der Waals surface area contributed by atoms with Crippen molar-refractivity contribution in [1.82, 2.24) is 10.5 Å². The first kappa shape index (κ1) is 11.8. The third-order valence-electron chi connectivity index (χ3n) is 6.70. The van der Waals surface area contributed by atoms with E-state index in [1.807, 2.05) is 0 Å². The van der Waals surface area contributed by atoms with Crippen LogP contribution in [-0.4, -0.2) is 12.2 Å². The molecule has 5 aliphatic rings. The Balaban J connectivity index is 1.61. The topological polar surface area (TPSA) is 38.1 Å². The molecule has 0 saturated heterocycles. The maximum Gasteiger partial charge on any atom is 0.141 e. The summed E-state index contributed by atoms with van der Waals surface area (Å²) >= 11 is 0. The maximum atomic E-state index is 5.74. The highest BCUT2D eigenvalue weighted by Gasteiger charge is 2.54. The Morgan fingerprint density at radius 2 is 1.75 bits per heavy atom. The second-order valence-electron chi connectivity index (χ2n) is 7.95. The zero-order chi connectivity index (χ0) is 13.3. The summed E-state index contributed by atoms with van der Waals surface area (Å²) in [5.41, 5.74) is 3.20. The van der Waals surface area contributed by atoms with E-state index in [0.717, 1.165) is 24.2 Å². The van der Waals surface area contributed by atoms with Gasteiger partial charge in [-0.15, -0.1) is 0 Å². The van der Waals surface area contributed by atoms with E-state index in [0.29, 0.717) is 11.5 Å². The first-order valence-corrected chi connectivity index (χ1v) is 8.43. The van der Waals surface area contributed by atoms with Gasteiger partial charge in [-0.1, -0.05) is 5.16 Å². The molecule has 1 heterocycles. The van der Waals surface area contributed by atoms with Gasteiger partial charge in [0.25, 0.3) is 0 Å². The quantitative estimate of drug-likeness (QED) is 0.897. The molecule has 3 heteroatoms. The van der Waals surface area contributed by atoms with Crippen LogP contribution in [0.15, 0.2) is 4.52 Å². The van der Waals surface area contributed by atoms with Crippen LogP contribution < -0.4 is 5.32 Å². The van der Waals surface area contributed by atoms with Gasteiger partial charge < -0.3 is 9.84 Å². The number of nitrogens with zero attached hydrogens (tertiary/aromatic N) is 1. The number of aryl methyl sites for hydroxylation is 1. The minimum absolute atomic E-state index is 0.380. The van der Waals surface area contributed by atoms with E-state index in [2.05, 4.69) is 17.5 Å². The van der Waals surface area contributed by atoms with Gasteiger partial charge in [0.2, 0.25) is 0 Å². The summed E-state index contributed by atoms with van der Waals surface area (Å²) < 4.78 is 5.74. The molecule has 0 aromatic carbocycles. The molecule has 108 valence electrons. The molecule has 0 spiro atoms. The Labute approximate surface area is 120 Å². The van der Waals surface area contributed by atoms with E-state index >= 15 is 0 Å². The summed E-state index contributed by atoms with van der Waals surface area (Å²) in [6.07, 6.45) is 10.9. The third-order valence-corrected chi connectivity index (χ3v) is 6.70. The Morgan fingerprint density at radius 3 is 2.35 bits per heavy atom. The SMILES string of the molecule is CNC1CCc2onc(C34CC5CC(CC(C5)C3)C4)c21. The molecule has 1 N–H and O–H groups in total. The molecule has 1 atom stereocenters. The van der Waals surface area contributed by atoms with Gasteiger partial charge in [-0.25, -0.2) is 0 Å². The van der Waals surface area contributed by atoms with Gasteiger partial charge in [-0.05, 0) is 69.7 Å². The fourth-order valence-electron chi connectivity index (χ4n) is 6.36. The van der Waals surface area contributed by atoms with Gasteiger partial charge >= 0.3 is 0 Å². The fourth-order valence-corrected chi connectivity index (χ4v) is 6.36. The lowest BCUT2D eigenvalue weighted by molar-refractivity contribution is -0.00907. The second kappa shape index (κ2) is 3.88. The number of aromatic nitrogens is 1. The number of nitrogens with one attached hydrogen (secondary N) is 1. The zero-order valence-electron chi connectivity index (χ0n) is 12.3. The van der Waals surface area contributed by atoms with E-state index in [1.54, 1.807) is 0 Å². The van der Waals surface area contributed by atoms with Gasteiger partial charge in [0.15, 0.2) is 0 Å². The van der Waals surface area contributed by atoms with Gasteiger partial charge in [0.1, 0.15) is 5.76 Å². The van der Waals surface area contributed by atoms with Crippen molar-refractivity contribution < 1.29 is 4.52 Å². The van der Waals surface area contributed by atoms with Crippen LogP contribution in [0.2, 0.25) is 0 Å². The first-order chi connectivity index (χ1) is 9.77. The van der Waals surface area contributed by atoms with Crippen LogP contribution in [0.3, 0.4) is 0 Å². The van der Waals surface area contributed by atoms with E-state index in [9.17, 15) is 0 Å². The monoisotopic (exact) mass is 272 g/mol. The van der Waals surface area contributed by atoms with E-state index in [1.165, 1.54) is 62.0 Å². The van der Waals surface area contributed by atoms with Crippen molar-refractivity contribution >= 4 is 0 Å². The summed E-state index contributed by atoms with van der Waals surface area (Å²) in [5, 5.41) is 8.09. The Kier molecular flexibility index (Phi) is 2.29. The summed E-state index contributed by atoms with van der Waals surface area (Å²) in [6.45, 7) is 0. The summed E-state index contributed by atoms with van der Waals surface area (Å²) in [5.74, 6) is 4.10. The average Bonchev–Trinajstić information content (AvgIpc) is 2.97. The molecule has 0 radical (unpaired) electrons. The van der Waals surface area contributed by atoms with E-state index in [4.69, 9.17) is 4.52 Å². The molecule has 1 unspecified atom stereocenters. The lowest BCUT2D eigenvalue weighted by Gasteiger charge is -2.56.